The summed E-state index contributed by atoms with van der Waals surface area (Å²) >= 11 is 12.0. The zero-order valence-corrected chi connectivity index (χ0v) is 10.7. The summed E-state index contributed by atoms with van der Waals surface area (Å²) in [7, 11) is 0. The molecule has 0 bridgehead atoms. The lowest BCUT2D eigenvalue weighted by Gasteiger charge is -2.06. The van der Waals surface area contributed by atoms with Crippen LogP contribution in [0.4, 0.5) is 0 Å². The average molecular weight is 282 g/mol. The van der Waals surface area contributed by atoms with Gasteiger partial charge in [0.2, 0.25) is 0 Å². The smallest absolute Gasteiger partial charge is 0.307 e. The maximum absolute atomic E-state index is 10.7. The number of carboxylic acids is 1. The minimum atomic E-state index is -0.885. The van der Waals surface area contributed by atoms with Crippen molar-refractivity contribution in [1.29, 1.82) is 0 Å². The Morgan fingerprint density at radius 1 is 1.22 bits per heavy atom. The van der Waals surface area contributed by atoms with Crippen molar-refractivity contribution in [2.45, 2.75) is 6.42 Å². The summed E-state index contributed by atoms with van der Waals surface area (Å²) in [6.07, 6.45) is 1.51. The van der Waals surface area contributed by atoms with Gasteiger partial charge in [-0.05, 0) is 35.9 Å². The van der Waals surface area contributed by atoms with Crippen molar-refractivity contribution in [3.8, 4) is 11.3 Å². The van der Waals surface area contributed by atoms with Crippen LogP contribution < -0.4 is 0 Å². The van der Waals surface area contributed by atoms with E-state index in [0.29, 0.717) is 26.9 Å². The minimum absolute atomic E-state index is 0.0479. The second kappa shape index (κ2) is 5.38. The normalized spacial score (nSPS) is 10.3. The fraction of sp³-hybridized carbons (Fsp3) is 0.0769. The lowest BCUT2D eigenvalue weighted by atomic mass is 10.1. The van der Waals surface area contributed by atoms with Crippen LogP contribution in [0.2, 0.25) is 10.0 Å². The highest BCUT2D eigenvalue weighted by Crippen LogP contribution is 2.29. The van der Waals surface area contributed by atoms with Gasteiger partial charge < -0.3 is 5.11 Å². The van der Waals surface area contributed by atoms with Gasteiger partial charge >= 0.3 is 5.97 Å². The molecule has 1 N–H and O–H groups in total. The Kier molecular flexibility index (Phi) is 3.84. The number of carboxylic acid groups (broad SMARTS) is 1. The highest BCUT2D eigenvalue weighted by Gasteiger charge is 2.08. The van der Waals surface area contributed by atoms with Crippen LogP contribution in [0.15, 0.2) is 36.5 Å². The number of hydrogen-bond acceptors (Lipinski definition) is 2. The van der Waals surface area contributed by atoms with E-state index in [1.54, 1.807) is 36.5 Å². The van der Waals surface area contributed by atoms with E-state index < -0.39 is 5.97 Å². The molecule has 0 amide bonds. The zero-order valence-electron chi connectivity index (χ0n) is 9.23. The third-order valence-corrected chi connectivity index (χ3v) is 2.95. The molecule has 0 spiro atoms. The fourth-order valence-electron chi connectivity index (χ4n) is 1.60. The first-order chi connectivity index (χ1) is 8.56. The van der Waals surface area contributed by atoms with Gasteiger partial charge in [0.25, 0.3) is 0 Å². The summed E-state index contributed by atoms with van der Waals surface area (Å²) in [5.41, 5.74) is 1.97. The fourth-order valence-corrected chi connectivity index (χ4v) is 1.99. The quantitative estimate of drug-likeness (QED) is 0.934. The zero-order chi connectivity index (χ0) is 13.1. The van der Waals surface area contributed by atoms with E-state index in [0.717, 1.165) is 0 Å². The van der Waals surface area contributed by atoms with Gasteiger partial charge in [0.05, 0.1) is 17.1 Å². The molecule has 5 heteroatoms. The largest absolute Gasteiger partial charge is 0.481 e. The van der Waals surface area contributed by atoms with Crippen LogP contribution >= 0.6 is 23.2 Å². The molecule has 0 aliphatic rings. The first kappa shape index (κ1) is 12.9. The topological polar surface area (TPSA) is 50.2 Å². The Balaban J connectivity index is 2.44. The maximum atomic E-state index is 10.7. The van der Waals surface area contributed by atoms with Crippen molar-refractivity contribution in [2.24, 2.45) is 0 Å². The van der Waals surface area contributed by atoms with E-state index in [-0.39, 0.29) is 6.42 Å². The van der Waals surface area contributed by atoms with Gasteiger partial charge in [-0.3, -0.25) is 9.78 Å². The molecule has 3 nitrogen and oxygen atoms in total. The molecule has 0 saturated carbocycles. The van der Waals surface area contributed by atoms with E-state index in [1.165, 1.54) is 0 Å². The van der Waals surface area contributed by atoms with Gasteiger partial charge in [-0.1, -0.05) is 23.2 Å². The molecule has 0 unspecified atom stereocenters. The number of nitrogens with zero attached hydrogens (tertiary/aromatic N) is 1. The van der Waals surface area contributed by atoms with Crippen LogP contribution in [0.1, 0.15) is 5.56 Å². The van der Waals surface area contributed by atoms with Crippen molar-refractivity contribution in [1.82, 2.24) is 4.98 Å². The van der Waals surface area contributed by atoms with Gasteiger partial charge in [-0.25, -0.2) is 0 Å². The van der Waals surface area contributed by atoms with E-state index >= 15 is 0 Å². The number of hydrogen-bond donors (Lipinski definition) is 1. The Morgan fingerprint density at radius 3 is 2.72 bits per heavy atom. The number of aromatic nitrogens is 1. The van der Waals surface area contributed by atoms with E-state index in [2.05, 4.69) is 4.98 Å². The molecule has 2 aromatic rings. The van der Waals surface area contributed by atoms with Crippen LogP contribution in [0, 0.1) is 0 Å². The summed E-state index contributed by atoms with van der Waals surface area (Å²) in [5, 5.41) is 9.84. The van der Waals surface area contributed by atoms with E-state index in [9.17, 15) is 4.79 Å². The third kappa shape index (κ3) is 3.00. The molecule has 0 aliphatic heterocycles. The summed E-state index contributed by atoms with van der Waals surface area (Å²) in [6, 6.07) is 8.44. The minimum Gasteiger partial charge on any atom is -0.481 e. The summed E-state index contributed by atoms with van der Waals surface area (Å²) < 4.78 is 0. The molecular formula is C13H9Cl2NO2. The van der Waals surface area contributed by atoms with Gasteiger partial charge in [0.15, 0.2) is 0 Å². The van der Waals surface area contributed by atoms with Crippen LogP contribution in [-0.2, 0) is 11.2 Å². The molecule has 18 heavy (non-hydrogen) atoms. The second-order valence-corrected chi connectivity index (χ2v) is 4.59. The predicted molar refractivity (Wildman–Crippen MR) is 71.0 cm³/mol. The van der Waals surface area contributed by atoms with Crippen molar-refractivity contribution in [2.75, 3.05) is 0 Å². The van der Waals surface area contributed by atoms with Crippen LogP contribution in [0.5, 0.6) is 0 Å². The average Bonchev–Trinajstić information content (AvgIpc) is 2.32. The number of pyridine rings is 1. The highest BCUT2D eigenvalue weighted by atomic mass is 35.5. The molecule has 1 heterocycles. The van der Waals surface area contributed by atoms with E-state index in [1.807, 2.05) is 0 Å². The predicted octanol–water partition coefficient (Wildman–Crippen LogP) is 3.68. The van der Waals surface area contributed by atoms with Crippen LogP contribution in [0.25, 0.3) is 11.3 Å². The van der Waals surface area contributed by atoms with Crippen molar-refractivity contribution in [3.05, 3.63) is 52.1 Å². The molecule has 2 rings (SSSR count). The van der Waals surface area contributed by atoms with Gasteiger partial charge in [0.1, 0.15) is 0 Å². The Hall–Kier alpha value is -1.58. The highest BCUT2D eigenvalue weighted by molar-refractivity contribution is 6.35. The monoisotopic (exact) mass is 281 g/mol. The van der Waals surface area contributed by atoms with Crippen molar-refractivity contribution < 1.29 is 9.90 Å². The molecule has 1 aromatic carbocycles. The maximum Gasteiger partial charge on any atom is 0.307 e. The van der Waals surface area contributed by atoms with Gasteiger partial charge in [-0.2, -0.15) is 0 Å². The number of carbonyl (C=O) groups is 1. The first-order valence-electron chi connectivity index (χ1n) is 5.18. The lowest BCUT2D eigenvalue weighted by molar-refractivity contribution is -0.136. The number of benzene rings is 1. The third-order valence-electron chi connectivity index (χ3n) is 2.38. The first-order valence-corrected chi connectivity index (χ1v) is 5.94. The van der Waals surface area contributed by atoms with Crippen LogP contribution in [0.3, 0.4) is 0 Å². The number of aliphatic carboxylic acids is 1. The van der Waals surface area contributed by atoms with E-state index in [4.69, 9.17) is 28.3 Å². The Morgan fingerprint density at radius 2 is 2.00 bits per heavy atom. The molecular weight excluding hydrogens is 273 g/mol. The number of rotatable bonds is 3. The molecule has 0 atom stereocenters. The molecule has 0 aliphatic carbocycles. The molecule has 0 saturated heterocycles. The summed E-state index contributed by atoms with van der Waals surface area (Å²) in [6.45, 7) is 0. The van der Waals surface area contributed by atoms with Crippen LogP contribution in [-0.4, -0.2) is 16.1 Å². The SMILES string of the molecule is O=C(O)Cc1ccnc(-c2cc(Cl)ccc2Cl)c1. The summed E-state index contributed by atoms with van der Waals surface area (Å²) in [5.74, 6) is -0.885. The summed E-state index contributed by atoms with van der Waals surface area (Å²) in [4.78, 5) is 14.9. The molecule has 1 aromatic heterocycles. The Labute approximate surface area is 114 Å². The molecule has 92 valence electrons. The van der Waals surface area contributed by atoms with Crippen molar-refractivity contribution >= 4 is 29.2 Å². The second-order valence-electron chi connectivity index (χ2n) is 3.74. The lowest BCUT2D eigenvalue weighted by Crippen LogP contribution is -2.00. The van der Waals surface area contributed by atoms with Gasteiger partial charge in [-0.15, -0.1) is 0 Å². The number of halogens is 2. The van der Waals surface area contributed by atoms with Crippen molar-refractivity contribution in [3.63, 3.8) is 0 Å². The molecule has 0 fully saturated rings. The Bertz CT molecular complexity index is 599. The molecule has 0 radical (unpaired) electrons. The standard InChI is InChI=1S/C13H9Cl2NO2/c14-9-1-2-11(15)10(7-9)12-5-8(3-4-16-12)6-13(17)18/h1-5,7H,6H2,(H,17,18). The van der Waals surface area contributed by atoms with Gasteiger partial charge in [0, 0.05) is 16.8 Å².